The predicted molar refractivity (Wildman–Crippen MR) is 110 cm³/mol. The zero-order valence-corrected chi connectivity index (χ0v) is 19.5. The quantitative estimate of drug-likeness (QED) is 0.109. The molecule has 0 spiro atoms. The summed E-state index contributed by atoms with van der Waals surface area (Å²) in [5.74, 6) is -5.88. The van der Waals surface area contributed by atoms with Gasteiger partial charge in [-0.2, -0.15) is 17.6 Å². The Bertz CT molecular complexity index is 420. The molecule has 0 aromatic heterocycles. The maximum absolute atomic E-state index is 13.7. The lowest BCUT2D eigenvalue weighted by Gasteiger charge is -2.39. The smallest absolute Gasteiger partial charge is 0.337 e. The number of ether oxygens (including phenoxy) is 4. The van der Waals surface area contributed by atoms with Crippen LogP contribution in [-0.4, -0.2) is 51.1 Å². The van der Waals surface area contributed by atoms with E-state index in [0.717, 1.165) is 32.1 Å². The van der Waals surface area contributed by atoms with Gasteiger partial charge in [0.2, 0.25) is 0 Å². The Hall–Kier alpha value is -0.510. The molecule has 188 valence electrons. The zero-order chi connectivity index (χ0) is 23.8. The Kier molecular flexibility index (Phi) is 15.9. The molecule has 2 atom stereocenters. The molecule has 4 nitrogen and oxygen atoms in total. The van der Waals surface area contributed by atoms with Crippen molar-refractivity contribution in [2.75, 3.05) is 33.1 Å². The number of hydrogen-bond donors (Lipinski definition) is 0. The molecule has 0 rings (SSSR count). The standard InChI is InChI=1S/C22H41F5O4/c1-5-9-10-11-12-13-15-19(21(28-6-2,29-7-3)30-8-4)16-14-17-31-20(24,18-23)22(25,26)27/h19H,5-18H2,1-4H3. The lowest BCUT2D eigenvalue weighted by molar-refractivity contribution is -0.403. The second kappa shape index (κ2) is 16.2. The van der Waals surface area contributed by atoms with Crippen LogP contribution in [0.15, 0.2) is 0 Å². The summed E-state index contributed by atoms with van der Waals surface area (Å²) < 4.78 is 86.1. The van der Waals surface area contributed by atoms with Crippen molar-refractivity contribution >= 4 is 0 Å². The van der Waals surface area contributed by atoms with Crippen molar-refractivity contribution in [3.8, 4) is 0 Å². The number of rotatable bonds is 20. The largest absolute Gasteiger partial charge is 0.451 e. The summed E-state index contributed by atoms with van der Waals surface area (Å²) in [5.41, 5.74) is 0. The van der Waals surface area contributed by atoms with E-state index in [2.05, 4.69) is 11.7 Å². The van der Waals surface area contributed by atoms with Gasteiger partial charge in [0, 0.05) is 25.7 Å². The first-order valence-corrected chi connectivity index (χ1v) is 11.5. The first-order valence-electron chi connectivity index (χ1n) is 11.5. The first-order chi connectivity index (χ1) is 14.7. The van der Waals surface area contributed by atoms with Crippen molar-refractivity contribution in [1.29, 1.82) is 0 Å². The maximum atomic E-state index is 13.7. The fourth-order valence-corrected chi connectivity index (χ4v) is 3.51. The van der Waals surface area contributed by atoms with E-state index >= 15 is 0 Å². The fourth-order valence-electron chi connectivity index (χ4n) is 3.51. The van der Waals surface area contributed by atoms with E-state index in [1.807, 2.05) is 0 Å². The van der Waals surface area contributed by atoms with Gasteiger partial charge >= 0.3 is 12.0 Å². The third kappa shape index (κ3) is 10.8. The van der Waals surface area contributed by atoms with Crippen LogP contribution in [0.5, 0.6) is 0 Å². The molecular weight excluding hydrogens is 423 g/mol. The third-order valence-corrected chi connectivity index (χ3v) is 5.07. The average molecular weight is 465 g/mol. The molecule has 0 radical (unpaired) electrons. The summed E-state index contributed by atoms with van der Waals surface area (Å²) in [5, 5.41) is 0. The van der Waals surface area contributed by atoms with Crippen molar-refractivity contribution in [3.63, 3.8) is 0 Å². The topological polar surface area (TPSA) is 36.9 Å². The Labute approximate surface area is 184 Å². The number of hydrogen-bond acceptors (Lipinski definition) is 4. The van der Waals surface area contributed by atoms with E-state index in [1.54, 1.807) is 20.8 Å². The lowest BCUT2D eigenvalue weighted by atomic mass is 9.93. The van der Waals surface area contributed by atoms with Gasteiger partial charge in [-0.3, -0.25) is 0 Å². The van der Waals surface area contributed by atoms with Crippen LogP contribution in [0, 0.1) is 5.92 Å². The molecule has 0 bridgehead atoms. The summed E-state index contributed by atoms with van der Waals surface area (Å²) in [4.78, 5) is 0. The Morgan fingerprint density at radius 1 is 0.645 bits per heavy atom. The minimum atomic E-state index is -5.43. The van der Waals surface area contributed by atoms with Crippen molar-refractivity contribution < 1.29 is 40.9 Å². The van der Waals surface area contributed by atoms with Crippen molar-refractivity contribution in [2.45, 2.75) is 103 Å². The minimum absolute atomic E-state index is 0.0806. The molecule has 0 aliphatic heterocycles. The highest BCUT2D eigenvalue weighted by molar-refractivity contribution is 4.77. The summed E-state index contributed by atoms with van der Waals surface area (Å²) in [6.07, 6.45) is 2.13. The molecular formula is C22H41F5O4. The average Bonchev–Trinajstić information content (AvgIpc) is 2.71. The van der Waals surface area contributed by atoms with Crippen LogP contribution >= 0.6 is 0 Å². The second-order valence-electron chi connectivity index (χ2n) is 7.51. The number of halogens is 5. The predicted octanol–water partition coefficient (Wildman–Crippen LogP) is 7.11. The zero-order valence-electron chi connectivity index (χ0n) is 19.5. The van der Waals surface area contributed by atoms with Gasteiger partial charge in [0.15, 0.2) is 6.67 Å². The Morgan fingerprint density at radius 3 is 1.58 bits per heavy atom. The van der Waals surface area contributed by atoms with Gasteiger partial charge in [-0.1, -0.05) is 45.4 Å². The van der Waals surface area contributed by atoms with Crippen molar-refractivity contribution in [2.24, 2.45) is 5.92 Å². The van der Waals surface area contributed by atoms with Gasteiger partial charge < -0.3 is 18.9 Å². The van der Waals surface area contributed by atoms with Crippen molar-refractivity contribution in [1.82, 2.24) is 0 Å². The molecule has 0 aromatic rings. The van der Waals surface area contributed by atoms with Gasteiger partial charge in [0.1, 0.15) is 0 Å². The molecule has 0 saturated heterocycles. The lowest BCUT2D eigenvalue weighted by Crippen LogP contribution is -2.47. The van der Waals surface area contributed by atoms with E-state index in [-0.39, 0.29) is 12.3 Å². The fraction of sp³-hybridized carbons (Fsp3) is 1.00. The highest BCUT2D eigenvalue weighted by Gasteiger charge is 2.58. The first kappa shape index (κ1) is 30.5. The van der Waals surface area contributed by atoms with E-state index < -0.39 is 31.3 Å². The van der Waals surface area contributed by atoms with Crippen LogP contribution in [0.25, 0.3) is 0 Å². The van der Waals surface area contributed by atoms with Crippen LogP contribution in [0.4, 0.5) is 22.0 Å². The van der Waals surface area contributed by atoms with Crippen LogP contribution < -0.4 is 0 Å². The van der Waals surface area contributed by atoms with Crippen LogP contribution in [-0.2, 0) is 18.9 Å². The van der Waals surface area contributed by atoms with Crippen LogP contribution in [0.3, 0.4) is 0 Å². The molecule has 0 aliphatic rings. The molecule has 0 aliphatic carbocycles. The Balaban J connectivity index is 5.11. The highest BCUT2D eigenvalue weighted by Crippen LogP contribution is 2.37. The van der Waals surface area contributed by atoms with Gasteiger partial charge in [-0.15, -0.1) is 0 Å². The molecule has 9 heteroatoms. The summed E-state index contributed by atoms with van der Waals surface area (Å²) in [7, 11) is 0. The second-order valence-corrected chi connectivity index (χ2v) is 7.51. The Morgan fingerprint density at radius 2 is 1.13 bits per heavy atom. The molecule has 0 amide bonds. The van der Waals surface area contributed by atoms with Gasteiger partial charge in [0.25, 0.3) is 5.97 Å². The molecule has 0 aromatic carbocycles. The van der Waals surface area contributed by atoms with Gasteiger partial charge in [0.05, 0.1) is 6.61 Å². The van der Waals surface area contributed by atoms with E-state index in [9.17, 15) is 22.0 Å². The van der Waals surface area contributed by atoms with E-state index in [0.29, 0.717) is 32.7 Å². The van der Waals surface area contributed by atoms with E-state index in [1.165, 1.54) is 6.42 Å². The monoisotopic (exact) mass is 464 g/mol. The molecule has 31 heavy (non-hydrogen) atoms. The van der Waals surface area contributed by atoms with Crippen LogP contribution in [0.2, 0.25) is 0 Å². The summed E-state index contributed by atoms with van der Waals surface area (Å²) in [6, 6.07) is 0. The molecule has 0 fully saturated rings. The van der Waals surface area contributed by atoms with Crippen LogP contribution in [0.1, 0.15) is 85.5 Å². The molecule has 0 saturated carbocycles. The number of unbranched alkanes of at least 4 members (excludes halogenated alkanes) is 5. The highest BCUT2D eigenvalue weighted by atomic mass is 19.4. The normalized spacial score (nSPS) is 15.8. The summed E-state index contributed by atoms with van der Waals surface area (Å²) >= 11 is 0. The van der Waals surface area contributed by atoms with E-state index in [4.69, 9.17) is 14.2 Å². The minimum Gasteiger partial charge on any atom is -0.337 e. The number of alkyl halides is 5. The van der Waals surface area contributed by atoms with Gasteiger partial charge in [-0.25, -0.2) is 4.39 Å². The van der Waals surface area contributed by atoms with Gasteiger partial charge in [-0.05, 0) is 40.0 Å². The SMILES string of the molecule is CCCCCCCCC(CCCOC(F)(CF)C(F)(F)F)C(OCC)(OCC)OCC. The third-order valence-electron chi connectivity index (χ3n) is 5.07. The molecule has 2 unspecified atom stereocenters. The molecule has 0 heterocycles. The maximum Gasteiger partial charge on any atom is 0.451 e. The molecule has 0 N–H and O–H groups in total. The van der Waals surface area contributed by atoms with Crippen molar-refractivity contribution in [3.05, 3.63) is 0 Å². The summed E-state index contributed by atoms with van der Waals surface area (Å²) in [6.45, 7) is 5.69.